The Hall–Kier alpha value is -2.73. The summed E-state index contributed by atoms with van der Waals surface area (Å²) in [6.07, 6.45) is 2.14. The van der Waals surface area contributed by atoms with Crippen molar-refractivity contribution in [3.63, 3.8) is 0 Å². The number of rotatable bonds is 6. The predicted octanol–water partition coefficient (Wildman–Crippen LogP) is 3.30. The average Bonchev–Trinajstić information content (AvgIpc) is 3.15. The molecule has 2 heterocycles. The van der Waals surface area contributed by atoms with E-state index < -0.39 is 0 Å². The van der Waals surface area contributed by atoms with Gasteiger partial charge in [0, 0.05) is 10.9 Å². The van der Waals surface area contributed by atoms with Crippen LogP contribution in [0.15, 0.2) is 58.7 Å². The number of nitrogens with zero attached hydrogens (tertiary/aromatic N) is 1. The fourth-order valence-corrected chi connectivity index (χ4v) is 3.42. The highest BCUT2D eigenvalue weighted by atomic mass is 32.1. The molecular weight excluding hydrogens is 334 g/mol. The minimum atomic E-state index is -0.335. The monoisotopic (exact) mass is 353 g/mol. The number of aryl methyl sites for hydroxylation is 1. The van der Waals surface area contributed by atoms with Crippen LogP contribution < -0.4 is 10.9 Å². The Morgan fingerprint density at radius 2 is 2.00 bits per heavy atom. The second kappa shape index (κ2) is 7.90. The second-order valence-electron chi connectivity index (χ2n) is 5.72. The SMILES string of the molecule is CCCc1ccc(C(NC(=O)c2ccc(=O)[nH]n2)c2cccs2)cc1. The molecule has 5 nitrogen and oxygen atoms in total. The number of carbonyl (C=O) groups is 1. The van der Waals surface area contributed by atoms with Gasteiger partial charge in [0.2, 0.25) is 0 Å². The van der Waals surface area contributed by atoms with Gasteiger partial charge in [-0.1, -0.05) is 43.7 Å². The van der Waals surface area contributed by atoms with Crippen LogP contribution in [0.2, 0.25) is 0 Å². The molecule has 6 heteroatoms. The minimum absolute atomic E-state index is 0.184. The van der Waals surface area contributed by atoms with Crippen LogP contribution in [-0.4, -0.2) is 16.1 Å². The fourth-order valence-electron chi connectivity index (χ4n) is 2.62. The third-order valence-electron chi connectivity index (χ3n) is 3.87. The molecule has 1 amide bonds. The molecule has 0 aliphatic rings. The molecule has 0 aliphatic carbocycles. The zero-order valence-electron chi connectivity index (χ0n) is 13.9. The number of thiophene rings is 1. The van der Waals surface area contributed by atoms with Crippen molar-refractivity contribution < 1.29 is 4.79 Å². The molecule has 1 unspecified atom stereocenters. The third kappa shape index (κ3) is 4.22. The van der Waals surface area contributed by atoms with E-state index in [0.29, 0.717) is 0 Å². The zero-order chi connectivity index (χ0) is 17.6. The van der Waals surface area contributed by atoms with Gasteiger partial charge in [-0.05, 0) is 35.1 Å². The summed E-state index contributed by atoms with van der Waals surface area (Å²) in [6.45, 7) is 2.15. The Morgan fingerprint density at radius 1 is 1.20 bits per heavy atom. The number of hydrogen-bond donors (Lipinski definition) is 2. The summed E-state index contributed by atoms with van der Waals surface area (Å²) in [4.78, 5) is 24.7. The first-order chi connectivity index (χ1) is 12.2. The molecule has 2 N–H and O–H groups in total. The molecule has 0 saturated heterocycles. The van der Waals surface area contributed by atoms with Gasteiger partial charge < -0.3 is 5.32 Å². The maximum Gasteiger partial charge on any atom is 0.272 e. The summed E-state index contributed by atoms with van der Waals surface area (Å²) >= 11 is 1.59. The molecule has 3 aromatic rings. The van der Waals surface area contributed by atoms with Gasteiger partial charge in [0.25, 0.3) is 11.5 Å². The Kier molecular flexibility index (Phi) is 5.40. The highest BCUT2D eigenvalue weighted by molar-refractivity contribution is 7.10. The molecule has 0 radical (unpaired) electrons. The Balaban J connectivity index is 1.86. The maximum atomic E-state index is 12.5. The van der Waals surface area contributed by atoms with E-state index >= 15 is 0 Å². The van der Waals surface area contributed by atoms with Gasteiger partial charge in [0.15, 0.2) is 0 Å². The van der Waals surface area contributed by atoms with Gasteiger partial charge in [0.1, 0.15) is 5.69 Å². The molecule has 2 aromatic heterocycles. The van der Waals surface area contributed by atoms with Gasteiger partial charge in [0.05, 0.1) is 6.04 Å². The number of aromatic nitrogens is 2. The number of hydrogen-bond acceptors (Lipinski definition) is 4. The normalized spacial score (nSPS) is 11.9. The molecule has 0 fully saturated rings. The van der Waals surface area contributed by atoms with Crippen molar-refractivity contribution in [2.24, 2.45) is 0 Å². The molecular formula is C19H19N3O2S. The summed E-state index contributed by atoms with van der Waals surface area (Å²) in [5.41, 5.74) is 2.14. The molecule has 0 bridgehead atoms. The van der Waals surface area contributed by atoms with Gasteiger partial charge in [-0.25, -0.2) is 5.10 Å². The van der Waals surface area contributed by atoms with Crippen LogP contribution in [0.1, 0.15) is 45.9 Å². The number of aromatic amines is 1. The summed E-state index contributed by atoms with van der Waals surface area (Å²) in [5.74, 6) is -0.327. The first kappa shape index (κ1) is 17.1. The van der Waals surface area contributed by atoms with E-state index in [2.05, 4.69) is 46.7 Å². The summed E-state index contributed by atoms with van der Waals surface area (Å²) in [6, 6.07) is 14.7. The van der Waals surface area contributed by atoms with E-state index in [1.54, 1.807) is 11.3 Å². The Labute approximate surface area is 149 Å². The number of H-pyrrole nitrogens is 1. The third-order valence-corrected chi connectivity index (χ3v) is 4.80. The Bertz CT molecular complexity index is 865. The standard InChI is InChI=1S/C19H19N3O2S/c1-2-4-13-6-8-14(9-7-13)18(16-5-3-12-25-16)20-19(24)15-10-11-17(23)22-21-15/h3,5-12,18H,2,4H2,1H3,(H,20,24)(H,22,23). The summed E-state index contributed by atoms with van der Waals surface area (Å²) in [7, 11) is 0. The van der Waals surface area contributed by atoms with E-state index in [1.807, 2.05) is 17.5 Å². The lowest BCUT2D eigenvalue weighted by Crippen LogP contribution is -2.30. The van der Waals surface area contributed by atoms with Crippen LogP contribution >= 0.6 is 11.3 Å². The first-order valence-corrected chi connectivity index (χ1v) is 9.04. The molecule has 1 atom stereocenters. The fraction of sp³-hybridized carbons (Fsp3) is 0.211. The van der Waals surface area contributed by atoms with Gasteiger partial charge in [-0.3, -0.25) is 9.59 Å². The molecule has 1 aromatic carbocycles. The summed E-state index contributed by atoms with van der Waals surface area (Å²) < 4.78 is 0. The van der Waals surface area contributed by atoms with Crippen LogP contribution in [-0.2, 0) is 6.42 Å². The largest absolute Gasteiger partial charge is 0.339 e. The Morgan fingerprint density at radius 3 is 2.60 bits per heavy atom. The lowest BCUT2D eigenvalue weighted by Gasteiger charge is -2.18. The van der Waals surface area contributed by atoms with Gasteiger partial charge >= 0.3 is 0 Å². The maximum absolute atomic E-state index is 12.5. The number of benzene rings is 1. The number of amides is 1. The molecule has 128 valence electrons. The van der Waals surface area contributed by atoms with E-state index in [-0.39, 0.29) is 23.2 Å². The topological polar surface area (TPSA) is 74.8 Å². The second-order valence-corrected chi connectivity index (χ2v) is 6.70. The van der Waals surface area contributed by atoms with Crippen LogP contribution in [0.3, 0.4) is 0 Å². The lowest BCUT2D eigenvalue weighted by atomic mass is 10.0. The lowest BCUT2D eigenvalue weighted by molar-refractivity contribution is 0.0937. The minimum Gasteiger partial charge on any atom is -0.339 e. The molecule has 25 heavy (non-hydrogen) atoms. The van der Waals surface area contributed by atoms with Crippen molar-refractivity contribution >= 4 is 17.2 Å². The van der Waals surface area contributed by atoms with Crippen LogP contribution in [0.5, 0.6) is 0 Å². The first-order valence-electron chi connectivity index (χ1n) is 8.16. The van der Waals surface area contributed by atoms with Crippen molar-refractivity contribution in [3.8, 4) is 0 Å². The molecule has 0 aliphatic heterocycles. The van der Waals surface area contributed by atoms with Crippen molar-refractivity contribution in [2.75, 3.05) is 0 Å². The number of nitrogens with one attached hydrogen (secondary N) is 2. The predicted molar refractivity (Wildman–Crippen MR) is 98.9 cm³/mol. The van der Waals surface area contributed by atoms with E-state index in [1.165, 1.54) is 17.7 Å². The quantitative estimate of drug-likeness (QED) is 0.714. The van der Waals surface area contributed by atoms with Crippen molar-refractivity contribution in [1.29, 1.82) is 0 Å². The van der Waals surface area contributed by atoms with Crippen molar-refractivity contribution in [2.45, 2.75) is 25.8 Å². The van der Waals surface area contributed by atoms with Crippen LogP contribution in [0, 0.1) is 0 Å². The van der Waals surface area contributed by atoms with Crippen LogP contribution in [0.25, 0.3) is 0 Å². The highest BCUT2D eigenvalue weighted by Gasteiger charge is 2.19. The smallest absolute Gasteiger partial charge is 0.272 e. The summed E-state index contributed by atoms with van der Waals surface area (Å²) in [5, 5.41) is 11.1. The van der Waals surface area contributed by atoms with Crippen LogP contribution in [0.4, 0.5) is 0 Å². The van der Waals surface area contributed by atoms with E-state index in [9.17, 15) is 9.59 Å². The molecule has 3 rings (SSSR count). The zero-order valence-corrected chi connectivity index (χ0v) is 14.7. The van der Waals surface area contributed by atoms with Crippen molar-refractivity contribution in [1.82, 2.24) is 15.5 Å². The van der Waals surface area contributed by atoms with Gasteiger partial charge in [-0.15, -0.1) is 11.3 Å². The van der Waals surface area contributed by atoms with E-state index in [4.69, 9.17) is 0 Å². The number of carbonyl (C=O) groups excluding carboxylic acids is 1. The highest BCUT2D eigenvalue weighted by Crippen LogP contribution is 2.26. The molecule has 0 spiro atoms. The van der Waals surface area contributed by atoms with E-state index in [0.717, 1.165) is 23.3 Å². The average molecular weight is 353 g/mol. The molecule has 0 saturated carbocycles. The van der Waals surface area contributed by atoms with Crippen molar-refractivity contribution in [3.05, 3.63) is 86.0 Å². The van der Waals surface area contributed by atoms with Gasteiger partial charge in [-0.2, -0.15) is 5.10 Å².